The molecule has 1 heterocycles. The van der Waals surface area contributed by atoms with Crippen LogP contribution in [0, 0.1) is 0 Å². The van der Waals surface area contributed by atoms with Gasteiger partial charge >= 0.3 is 0 Å². The molecule has 118 valence electrons. The molecule has 0 aliphatic carbocycles. The number of hydrogen-bond donors (Lipinski definition) is 2. The number of nitrogens with zero attached hydrogens (tertiary/aromatic N) is 1. The number of carbonyl (C=O) groups excluding carboxylic acids is 1. The van der Waals surface area contributed by atoms with E-state index in [0.717, 1.165) is 16.6 Å². The average molecular weight is 311 g/mol. The summed E-state index contributed by atoms with van der Waals surface area (Å²) in [4.78, 5) is 12.4. The summed E-state index contributed by atoms with van der Waals surface area (Å²) in [6, 6.07) is 12.9. The van der Waals surface area contributed by atoms with Gasteiger partial charge < -0.3 is 14.8 Å². The van der Waals surface area contributed by atoms with Crippen molar-refractivity contribution in [3.05, 3.63) is 53.7 Å². The zero-order chi connectivity index (χ0) is 16.2. The molecule has 6 nitrogen and oxygen atoms in total. The molecule has 23 heavy (non-hydrogen) atoms. The molecule has 3 rings (SSSR count). The smallest absolute Gasteiger partial charge is 0.255 e. The van der Waals surface area contributed by atoms with Crippen molar-refractivity contribution >= 4 is 16.8 Å². The fourth-order valence-corrected chi connectivity index (χ4v) is 2.48. The lowest BCUT2D eigenvalue weighted by Gasteiger charge is -2.12. The first-order valence-corrected chi connectivity index (χ1v) is 7.15. The van der Waals surface area contributed by atoms with Crippen LogP contribution in [0.3, 0.4) is 0 Å². The zero-order valence-electron chi connectivity index (χ0n) is 12.9. The highest BCUT2D eigenvalue weighted by Gasteiger charge is 2.16. The maximum Gasteiger partial charge on any atom is 0.255 e. The second-order valence-corrected chi connectivity index (χ2v) is 4.94. The van der Waals surface area contributed by atoms with E-state index in [1.165, 1.54) is 14.2 Å². The first-order valence-electron chi connectivity index (χ1n) is 7.15. The Hall–Kier alpha value is -3.02. The molecule has 0 spiro atoms. The molecular weight excluding hydrogens is 294 g/mol. The van der Waals surface area contributed by atoms with Crippen molar-refractivity contribution < 1.29 is 14.3 Å². The summed E-state index contributed by atoms with van der Waals surface area (Å²) in [6.45, 7) is 0.347. The van der Waals surface area contributed by atoms with Crippen LogP contribution in [-0.4, -0.2) is 30.3 Å². The number of rotatable bonds is 5. The average Bonchev–Trinajstić information content (AvgIpc) is 3.02. The maximum atomic E-state index is 12.4. The molecule has 0 fully saturated rings. The zero-order valence-corrected chi connectivity index (χ0v) is 12.9. The third-order valence-corrected chi connectivity index (χ3v) is 3.61. The van der Waals surface area contributed by atoms with E-state index in [1.807, 2.05) is 24.3 Å². The molecule has 0 saturated heterocycles. The highest BCUT2D eigenvalue weighted by molar-refractivity contribution is 5.98. The Balaban J connectivity index is 1.80. The van der Waals surface area contributed by atoms with E-state index in [0.29, 0.717) is 23.6 Å². The Morgan fingerprint density at radius 3 is 2.74 bits per heavy atom. The van der Waals surface area contributed by atoms with Gasteiger partial charge in [0.05, 0.1) is 37.5 Å². The minimum absolute atomic E-state index is 0.237. The van der Waals surface area contributed by atoms with Gasteiger partial charge in [0.2, 0.25) is 0 Å². The summed E-state index contributed by atoms with van der Waals surface area (Å²) in [5, 5.41) is 11.0. The standard InChI is InChI=1S/C17H17N3O3/c1-22-15-9-5-7-12(16(15)23-2)17(21)18-10-14-11-6-3-4-8-13(11)19-20-14/h3-9H,10H2,1-2H3,(H,18,21)(H,19,20). The molecule has 0 radical (unpaired) electrons. The summed E-state index contributed by atoms with van der Waals surface area (Å²) >= 11 is 0. The Kier molecular flexibility index (Phi) is 4.14. The molecule has 0 unspecified atom stereocenters. The van der Waals surface area contributed by atoms with Crippen LogP contribution in [0.4, 0.5) is 0 Å². The topological polar surface area (TPSA) is 76.2 Å². The minimum atomic E-state index is -0.237. The lowest BCUT2D eigenvalue weighted by Crippen LogP contribution is -2.23. The normalized spacial score (nSPS) is 10.5. The van der Waals surface area contributed by atoms with Gasteiger partial charge in [-0.05, 0) is 18.2 Å². The SMILES string of the molecule is COc1cccc(C(=O)NCc2[nH]nc3ccccc23)c1OC. The maximum absolute atomic E-state index is 12.4. The monoisotopic (exact) mass is 311 g/mol. The summed E-state index contributed by atoms with van der Waals surface area (Å²) in [7, 11) is 3.05. The van der Waals surface area contributed by atoms with E-state index in [9.17, 15) is 4.79 Å². The minimum Gasteiger partial charge on any atom is -0.493 e. The lowest BCUT2D eigenvalue weighted by molar-refractivity contribution is 0.0947. The van der Waals surface area contributed by atoms with Gasteiger partial charge in [-0.25, -0.2) is 0 Å². The van der Waals surface area contributed by atoms with Crippen molar-refractivity contribution in [1.82, 2.24) is 15.5 Å². The van der Waals surface area contributed by atoms with Crippen molar-refractivity contribution in [1.29, 1.82) is 0 Å². The summed E-state index contributed by atoms with van der Waals surface area (Å²) in [5.41, 5.74) is 2.15. The third-order valence-electron chi connectivity index (χ3n) is 3.61. The molecule has 1 aromatic heterocycles. The van der Waals surface area contributed by atoms with Gasteiger partial charge in [-0.3, -0.25) is 9.89 Å². The van der Waals surface area contributed by atoms with Gasteiger partial charge in [0.1, 0.15) is 0 Å². The molecule has 2 N–H and O–H groups in total. The van der Waals surface area contributed by atoms with Crippen LogP contribution in [0.1, 0.15) is 16.1 Å². The second kappa shape index (κ2) is 6.39. The Morgan fingerprint density at radius 2 is 1.96 bits per heavy atom. The van der Waals surface area contributed by atoms with E-state index in [4.69, 9.17) is 9.47 Å². The van der Waals surface area contributed by atoms with Crippen LogP contribution in [0.5, 0.6) is 11.5 Å². The molecule has 0 bridgehead atoms. The van der Waals surface area contributed by atoms with Gasteiger partial charge in [-0.1, -0.05) is 24.3 Å². The van der Waals surface area contributed by atoms with Gasteiger partial charge in [-0.15, -0.1) is 0 Å². The molecule has 3 aromatic rings. The second-order valence-electron chi connectivity index (χ2n) is 4.94. The highest BCUT2D eigenvalue weighted by Crippen LogP contribution is 2.30. The number of carbonyl (C=O) groups is 1. The molecule has 0 atom stereocenters. The number of hydrogen-bond acceptors (Lipinski definition) is 4. The predicted molar refractivity (Wildman–Crippen MR) is 86.8 cm³/mol. The van der Waals surface area contributed by atoms with Gasteiger partial charge in [0.25, 0.3) is 5.91 Å². The number of benzene rings is 2. The first kappa shape index (κ1) is 14.9. The number of amides is 1. The van der Waals surface area contributed by atoms with Crippen LogP contribution < -0.4 is 14.8 Å². The van der Waals surface area contributed by atoms with E-state index in [-0.39, 0.29) is 5.91 Å². The van der Waals surface area contributed by atoms with Gasteiger partial charge in [-0.2, -0.15) is 5.10 Å². The van der Waals surface area contributed by atoms with Crippen molar-refractivity contribution in [3.8, 4) is 11.5 Å². The Bertz CT molecular complexity index is 842. The van der Waals surface area contributed by atoms with Crippen LogP contribution in [0.2, 0.25) is 0 Å². The molecule has 0 aliphatic rings. The third kappa shape index (κ3) is 2.83. The van der Waals surface area contributed by atoms with Crippen molar-refractivity contribution in [3.63, 3.8) is 0 Å². The molecule has 0 saturated carbocycles. The molecule has 2 aromatic carbocycles. The van der Waals surface area contributed by atoms with Crippen molar-refractivity contribution in [2.75, 3.05) is 14.2 Å². The lowest BCUT2D eigenvalue weighted by atomic mass is 10.1. The number of fused-ring (bicyclic) bond motifs is 1. The van der Waals surface area contributed by atoms with Crippen molar-refractivity contribution in [2.24, 2.45) is 0 Å². The summed E-state index contributed by atoms with van der Waals surface area (Å²) < 4.78 is 10.5. The van der Waals surface area contributed by atoms with E-state index in [2.05, 4.69) is 15.5 Å². The fraction of sp³-hybridized carbons (Fsp3) is 0.176. The van der Waals surface area contributed by atoms with Crippen LogP contribution >= 0.6 is 0 Å². The van der Waals surface area contributed by atoms with Crippen LogP contribution in [0.25, 0.3) is 10.9 Å². The molecule has 0 aliphatic heterocycles. The number of ether oxygens (including phenoxy) is 2. The number of aromatic nitrogens is 2. The Morgan fingerprint density at radius 1 is 1.13 bits per heavy atom. The summed E-state index contributed by atoms with van der Waals surface area (Å²) in [5.74, 6) is 0.702. The van der Waals surface area contributed by atoms with Gasteiger partial charge in [0, 0.05) is 5.39 Å². The van der Waals surface area contributed by atoms with E-state index in [1.54, 1.807) is 18.2 Å². The predicted octanol–water partition coefficient (Wildman–Crippen LogP) is 2.51. The quantitative estimate of drug-likeness (QED) is 0.759. The summed E-state index contributed by atoms with van der Waals surface area (Å²) in [6.07, 6.45) is 0. The highest BCUT2D eigenvalue weighted by atomic mass is 16.5. The van der Waals surface area contributed by atoms with Crippen LogP contribution in [-0.2, 0) is 6.54 Å². The fourth-order valence-electron chi connectivity index (χ4n) is 2.48. The number of nitrogens with one attached hydrogen (secondary N) is 2. The van der Waals surface area contributed by atoms with Gasteiger partial charge in [0.15, 0.2) is 11.5 Å². The van der Waals surface area contributed by atoms with Crippen LogP contribution in [0.15, 0.2) is 42.5 Å². The number of methoxy groups -OCH3 is 2. The molecule has 1 amide bonds. The molecule has 6 heteroatoms. The first-order chi connectivity index (χ1) is 11.2. The number of aromatic amines is 1. The van der Waals surface area contributed by atoms with E-state index < -0.39 is 0 Å². The van der Waals surface area contributed by atoms with E-state index >= 15 is 0 Å². The molecular formula is C17H17N3O3. The Labute approximate surface area is 133 Å². The number of H-pyrrole nitrogens is 1. The number of para-hydroxylation sites is 2. The largest absolute Gasteiger partial charge is 0.493 e. The van der Waals surface area contributed by atoms with Crippen molar-refractivity contribution in [2.45, 2.75) is 6.54 Å².